The van der Waals surface area contributed by atoms with Crippen molar-refractivity contribution in [2.45, 2.75) is 12.8 Å². The highest BCUT2D eigenvalue weighted by Gasteiger charge is 2.23. The minimum Gasteiger partial charge on any atom is -0.320 e. The van der Waals surface area contributed by atoms with Crippen LogP contribution in [-0.2, 0) is 0 Å². The summed E-state index contributed by atoms with van der Waals surface area (Å²) in [6, 6.07) is 10.0. The fourth-order valence-corrected chi connectivity index (χ4v) is 2.61. The van der Waals surface area contributed by atoms with Gasteiger partial charge < -0.3 is 9.80 Å². The Morgan fingerprint density at radius 1 is 1.12 bits per heavy atom. The number of carbonyl (C=O) groups excluding carboxylic acids is 1. The van der Waals surface area contributed by atoms with E-state index in [1.165, 1.54) is 18.3 Å². The topological polar surface area (TPSA) is 79.6 Å². The third-order valence-electron chi connectivity index (χ3n) is 3.81. The summed E-state index contributed by atoms with van der Waals surface area (Å²) in [5.41, 5.74) is 1.04. The molecule has 0 unspecified atom stereocenters. The van der Waals surface area contributed by atoms with Crippen LogP contribution in [0.1, 0.15) is 23.2 Å². The quantitative estimate of drug-likeness (QED) is 0.301. The van der Waals surface area contributed by atoms with E-state index in [0.717, 1.165) is 25.7 Å². The fraction of sp³-hybridized carbons (Fsp3) is 0.333. The van der Waals surface area contributed by atoms with Gasteiger partial charge in [-0.1, -0.05) is 12.1 Å². The van der Waals surface area contributed by atoms with Crippen LogP contribution in [0.25, 0.3) is 0 Å². The maximum absolute atomic E-state index is 11.4. The first-order valence-corrected chi connectivity index (χ1v) is 8.10. The van der Waals surface area contributed by atoms with Crippen molar-refractivity contribution in [3.8, 4) is 0 Å². The van der Waals surface area contributed by atoms with E-state index in [2.05, 4.69) is 9.88 Å². The van der Waals surface area contributed by atoms with Crippen molar-refractivity contribution in [2.24, 2.45) is 0 Å². The molecule has 0 saturated heterocycles. The SMILES string of the molecule is CN(C)CCCCN(c1ccccc1C=O)c1ncccc1[N+](=O)[O-]. The van der Waals surface area contributed by atoms with Crippen molar-refractivity contribution >= 4 is 23.5 Å². The molecule has 0 aliphatic rings. The van der Waals surface area contributed by atoms with E-state index in [1.807, 2.05) is 20.2 Å². The maximum atomic E-state index is 11.4. The van der Waals surface area contributed by atoms with Gasteiger partial charge in [-0.15, -0.1) is 0 Å². The lowest BCUT2D eigenvalue weighted by molar-refractivity contribution is -0.384. The van der Waals surface area contributed by atoms with Gasteiger partial charge in [0.05, 0.1) is 10.6 Å². The number of benzene rings is 1. The summed E-state index contributed by atoms with van der Waals surface area (Å²) in [4.78, 5) is 30.4. The molecule has 1 aromatic carbocycles. The van der Waals surface area contributed by atoms with Gasteiger partial charge in [-0.25, -0.2) is 4.98 Å². The van der Waals surface area contributed by atoms with E-state index < -0.39 is 4.92 Å². The molecule has 132 valence electrons. The second-order valence-electron chi connectivity index (χ2n) is 5.94. The number of anilines is 2. The minimum atomic E-state index is -0.446. The summed E-state index contributed by atoms with van der Waals surface area (Å²) in [6.45, 7) is 1.46. The van der Waals surface area contributed by atoms with E-state index in [-0.39, 0.29) is 11.5 Å². The zero-order chi connectivity index (χ0) is 18.2. The second kappa shape index (κ2) is 8.89. The Balaban J connectivity index is 2.39. The Bertz CT molecular complexity index is 734. The molecule has 0 spiro atoms. The number of rotatable bonds is 9. The van der Waals surface area contributed by atoms with Gasteiger partial charge in [0.2, 0.25) is 5.82 Å². The fourth-order valence-electron chi connectivity index (χ4n) is 2.61. The van der Waals surface area contributed by atoms with Gasteiger partial charge in [0.15, 0.2) is 6.29 Å². The summed E-state index contributed by atoms with van der Waals surface area (Å²) < 4.78 is 0. The zero-order valence-corrected chi connectivity index (χ0v) is 14.5. The first-order valence-electron chi connectivity index (χ1n) is 8.10. The number of pyridine rings is 1. The van der Waals surface area contributed by atoms with Crippen molar-refractivity contribution in [3.05, 3.63) is 58.3 Å². The number of hydrogen-bond donors (Lipinski definition) is 0. The first-order chi connectivity index (χ1) is 12.0. The molecule has 0 N–H and O–H groups in total. The lowest BCUT2D eigenvalue weighted by Crippen LogP contribution is -2.23. The standard InChI is InChI=1S/C18H22N4O3/c1-20(2)12-5-6-13-21(16-9-4-3-8-15(16)14-23)18-17(22(24)25)10-7-11-19-18/h3-4,7-11,14H,5-6,12-13H2,1-2H3. The number of aromatic nitrogens is 1. The number of hydrogen-bond acceptors (Lipinski definition) is 6. The first kappa shape index (κ1) is 18.5. The van der Waals surface area contributed by atoms with Gasteiger partial charge in [0.1, 0.15) is 0 Å². The monoisotopic (exact) mass is 342 g/mol. The van der Waals surface area contributed by atoms with Crippen molar-refractivity contribution in [2.75, 3.05) is 32.1 Å². The molecule has 0 amide bonds. The smallest absolute Gasteiger partial charge is 0.311 e. The van der Waals surface area contributed by atoms with Crippen LogP contribution in [0.2, 0.25) is 0 Å². The highest BCUT2D eigenvalue weighted by atomic mass is 16.6. The number of nitro groups is 1. The largest absolute Gasteiger partial charge is 0.320 e. The summed E-state index contributed by atoms with van der Waals surface area (Å²) in [7, 11) is 4.01. The maximum Gasteiger partial charge on any atom is 0.311 e. The minimum absolute atomic E-state index is 0.0733. The van der Waals surface area contributed by atoms with Crippen LogP contribution in [0.5, 0.6) is 0 Å². The number of aldehydes is 1. The van der Waals surface area contributed by atoms with Gasteiger partial charge in [0, 0.05) is 24.4 Å². The summed E-state index contributed by atoms with van der Waals surface area (Å²) in [5.74, 6) is 0.256. The van der Waals surface area contributed by atoms with Crippen LogP contribution < -0.4 is 4.90 Å². The summed E-state index contributed by atoms with van der Waals surface area (Å²) in [6.07, 6.45) is 4.04. The summed E-state index contributed by atoms with van der Waals surface area (Å²) >= 11 is 0. The lowest BCUT2D eigenvalue weighted by atomic mass is 10.1. The molecule has 7 nitrogen and oxygen atoms in total. The molecule has 0 saturated carbocycles. The lowest BCUT2D eigenvalue weighted by Gasteiger charge is -2.25. The Hall–Kier alpha value is -2.80. The van der Waals surface area contributed by atoms with Crippen LogP contribution in [0.4, 0.5) is 17.2 Å². The third-order valence-corrected chi connectivity index (χ3v) is 3.81. The van der Waals surface area contributed by atoms with Gasteiger partial charge >= 0.3 is 5.69 Å². The van der Waals surface area contributed by atoms with Crippen LogP contribution in [0.3, 0.4) is 0 Å². The molecule has 25 heavy (non-hydrogen) atoms. The van der Waals surface area contributed by atoms with Crippen LogP contribution >= 0.6 is 0 Å². The number of carbonyl (C=O) groups is 1. The molecule has 0 radical (unpaired) electrons. The Morgan fingerprint density at radius 2 is 1.84 bits per heavy atom. The number of nitrogens with zero attached hydrogens (tertiary/aromatic N) is 4. The van der Waals surface area contributed by atoms with Crippen molar-refractivity contribution in [3.63, 3.8) is 0 Å². The molecule has 2 rings (SSSR count). The molecule has 1 aromatic heterocycles. The van der Waals surface area contributed by atoms with E-state index >= 15 is 0 Å². The van der Waals surface area contributed by atoms with E-state index in [1.54, 1.807) is 23.1 Å². The van der Waals surface area contributed by atoms with Crippen LogP contribution in [0, 0.1) is 10.1 Å². The normalized spacial score (nSPS) is 10.7. The Kier molecular flexibility index (Phi) is 6.59. The van der Waals surface area contributed by atoms with Crippen molar-refractivity contribution < 1.29 is 9.72 Å². The molecule has 0 fully saturated rings. The molecular formula is C18H22N4O3. The predicted octanol–water partition coefficient (Wildman–Crippen LogP) is 3.28. The van der Waals surface area contributed by atoms with Gasteiger partial charge in [-0.05, 0) is 51.7 Å². The second-order valence-corrected chi connectivity index (χ2v) is 5.94. The molecule has 2 aromatic rings. The third kappa shape index (κ3) is 4.84. The van der Waals surface area contributed by atoms with Crippen LogP contribution in [-0.4, -0.2) is 48.3 Å². The van der Waals surface area contributed by atoms with E-state index in [4.69, 9.17) is 0 Å². The average Bonchev–Trinajstić information content (AvgIpc) is 2.61. The van der Waals surface area contributed by atoms with Crippen LogP contribution in [0.15, 0.2) is 42.6 Å². The Labute approximate surface area is 147 Å². The highest BCUT2D eigenvalue weighted by molar-refractivity contribution is 5.87. The van der Waals surface area contributed by atoms with Gasteiger partial charge in [-0.3, -0.25) is 14.9 Å². The van der Waals surface area contributed by atoms with E-state index in [9.17, 15) is 14.9 Å². The van der Waals surface area contributed by atoms with Gasteiger partial charge in [-0.2, -0.15) is 0 Å². The average molecular weight is 342 g/mol. The zero-order valence-electron chi connectivity index (χ0n) is 14.5. The summed E-state index contributed by atoms with van der Waals surface area (Å²) in [5, 5.41) is 11.4. The molecule has 1 heterocycles. The predicted molar refractivity (Wildman–Crippen MR) is 97.5 cm³/mol. The van der Waals surface area contributed by atoms with E-state index in [0.29, 0.717) is 17.8 Å². The molecular weight excluding hydrogens is 320 g/mol. The number of para-hydroxylation sites is 1. The highest BCUT2D eigenvalue weighted by Crippen LogP contribution is 2.33. The molecule has 0 bridgehead atoms. The molecule has 0 aliphatic carbocycles. The van der Waals surface area contributed by atoms with Crippen molar-refractivity contribution in [1.82, 2.24) is 9.88 Å². The molecule has 0 aliphatic heterocycles. The van der Waals surface area contributed by atoms with Crippen molar-refractivity contribution in [1.29, 1.82) is 0 Å². The molecule has 0 atom stereocenters. The number of unbranched alkanes of at least 4 members (excludes halogenated alkanes) is 1. The molecule has 7 heteroatoms. The Morgan fingerprint density at radius 3 is 2.52 bits per heavy atom. The van der Waals surface area contributed by atoms with Gasteiger partial charge in [0.25, 0.3) is 0 Å².